The molecule has 0 saturated heterocycles. The fourth-order valence-electron chi connectivity index (χ4n) is 2.06. The van der Waals surface area contributed by atoms with E-state index in [1.807, 2.05) is 0 Å². The van der Waals surface area contributed by atoms with E-state index in [2.05, 4.69) is 25.2 Å². The standard InChI is InChI=1S/C14H27NO/c1-13(2)9-11-15-10-6-12-16-14-7-4-3-5-8-14/h9,14-15H,3-8,10-12H2,1-2H3. The average molecular weight is 225 g/mol. The highest BCUT2D eigenvalue weighted by Gasteiger charge is 2.12. The molecule has 0 radical (unpaired) electrons. The van der Waals surface area contributed by atoms with Crippen molar-refractivity contribution in [3.05, 3.63) is 11.6 Å². The van der Waals surface area contributed by atoms with Gasteiger partial charge >= 0.3 is 0 Å². The second-order valence-electron chi connectivity index (χ2n) is 4.97. The molecule has 0 aromatic heterocycles. The first kappa shape index (κ1) is 13.7. The molecule has 0 unspecified atom stereocenters. The van der Waals surface area contributed by atoms with Gasteiger partial charge in [-0.15, -0.1) is 0 Å². The molecule has 0 spiro atoms. The maximum absolute atomic E-state index is 5.86. The second-order valence-corrected chi connectivity index (χ2v) is 4.97. The third kappa shape index (κ3) is 7.02. The molecule has 0 atom stereocenters. The Kier molecular flexibility index (Phi) is 7.52. The molecule has 0 amide bonds. The first-order valence-electron chi connectivity index (χ1n) is 6.74. The fraction of sp³-hybridized carbons (Fsp3) is 0.857. The van der Waals surface area contributed by atoms with Crippen molar-refractivity contribution in [2.45, 2.75) is 58.5 Å². The minimum atomic E-state index is 0.562. The topological polar surface area (TPSA) is 21.3 Å². The van der Waals surface area contributed by atoms with Gasteiger partial charge in [0.15, 0.2) is 0 Å². The van der Waals surface area contributed by atoms with Crippen LogP contribution in [0.4, 0.5) is 0 Å². The molecular weight excluding hydrogens is 198 g/mol. The predicted molar refractivity (Wildman–Crippen MR) is 69.7 cm³/mol. The smallest absolute Gasteiger partial charge is 0.0575 e. The van der Waals surface area contributed by atoms with E-state index in [9.17, 15) is 0 Å². The molecule has 0 aromatic carbocycles. The van der Waals surface area contributed by atoms with Crippen LogP contribution in [-0.4, -0.2) is 25.8 Å². The van der Waals surface area contributed by atoms with Crippen molar-refractivity contribution in [3.63, 3.8) is 0 Å². The summed E-state index contributed by atoms with van der Waals surface area (Å²) >= 11 is 0. The average Bonchev–Trinajstić information content (AvgIpc) is 2.29. The van der Waals surface area contributed by atoms with Gasteiger partial charge in [-0.25, -0.2) is 0 Å². The van der Waals surface area contributed by atoms with E-state index in [1.165, 1.54) is 37.7 Å². The Morgan fingerprint density at radius 1 is 1.25 bits per heavy atom. The Balaban J connectivity index is 1.85. The Labute approximate surface area is 100 Å². The second kappa shape index (κ2) is 8.77. The van der Waals surface area contributed by atoms with E-state index >= 15 is 0 Å². The summed E-state index contributed by atoms with van der Waals surface area (Å²) in [6.45, 7) is 7.25. The van der Waals surface area contributed by atoms with Crippen LogP contribution >= 0.6 is 0 Å². The van der Waals surface area contributed by atoms with Crippen molar-refractivity contribution in [3.8, 4) is 0 Å². The van der Waals surface area contributed by atoms with Crippen LogP contribution < -0.4 is 5.32 Å². The lowest BCUT2D eigenvalue weighted by Crippen LogP contribution is -2.21. The van der Waals surface area contributed by atoms with Crippen LogP contribution in [-0.2, 0) is 4.74 Å². The van der Waals surface area contributed by atoms with E-state index in [1.54, 1.807) is 0 Å². The van der Waals surface area contributed by atoms with Crippen LogP contribution in [0.25, 0.3) is 0 Å². The van der Waals surface area contributed by atoms with Gasteiger partial charge in [-0.3, -0.25) is 0 Å². The summed E-state index contributed by atoms with van der Waals surface area (Å²) in [6, 6.07) is 0. The first-order valence-corrected chi connectivity index (χ1v) is 6.74. The van der Waals surface area contributed by atoms with Crippen LogP contribution in [0, 0.1) is 0 Å². The Hall–Kier alpha value is -0.340. The highest BCUT2D eigenvalue weighted by molar-refractivity contribution is 4.94. The fourth-order valence-corrected chi connectivity index (χ4v) is 2.06. The molecule has 0 heterocycles. The van der Waals surface area contributed by atoms with Crippen molar-refractivity contribution in [1.29, 1.82) is 0 Å². The van der Waals surface area contributed by atoms with Gasteiger partial charge in [0.2, 0.25) is 0 Å². The van der Waals surface area contributed by atoms with Crippen LogP contribution in [0.1, 0.15) is 52.4 Å². The third-order valence-electron chi connectivity index (χ3n) is 3.06. The summed E-state index contributed by atoms with van der Waals surface area (Å²) in [6.07, 6.45) is 10.6. The molecule has 1 aliphatic carbocycles. The van der Waals surface area contributed by atoms with E-state index in [0.717, 1.165) is 26.1 Å². The van der Waals surface area contributed by atoms with Gasteiger partial charge in [-0.1, -0.05) is 30.9 Å². The summed E-state index contributed by atoms with van der Waals surface area (Å²) in [5.41, 5.74) is 1.38. The maximum atomic E-state index is 5.86. The lowest BCUT2D eigenvalue weighted by Gasteiger charge is -2.21. The SMILES string of the molecule is CC(C)=CCNCCCOC1CCCCC1. The maximum Gasteiger partial charge on any atom is 0.0575 e. The minimum absolute atomic E-state index is 0.562. The zero-order valence-corrected chi connectivity index (χ0v) is 10.9. The summed E-state index contributed by atoms with van der Waals surface area (Å²) in [5, 5.41) is 3.40. The van der Waals surface area contributed by atoms with E-state index in [-0.39, 0.29) is 0 Å². The molecule has 1 fully saturated rings. The number of nitrogens with one attached hydrogen (secondary N) is 1. The van der Waals surface area contributed by atoms with Gasteiger partial charge in [0.1, 0.15) is 0 Å². The minimum Gasteiger partial charge on any atom is -0.378 e. The van der Waals surface area contributed by atoms with Gasteiger partial charge in [0, 0.05) is 13.2 Å². The Morgan fingerprint density at radius 3 is 2.69 bits per heavy atom. The first-order chi connectivity index (χ1) is 7.79. The van der Waals surface area contributed by atoms with Gasteiger partial charge in [0.05, 0.1) is 6.10 Å². The number of ether oxygens (including phenoxy) is 1. The lowest BCUT2D eigenvalue weighted by molar-refractivity contribution is 0.0274. The summed E-state index contributed by atoms with van der Waals surface area (Å²) < 4.78 is 5.86. The third-order valence-corrected chi connectivity index (χ3v) is 3.06. The molecule has 2 nitrogen and oxygen atoms in total. The highest BCUT2D eigenvalue weighted by Crippen LogP contribution is 2.20. The molecule has 94 valence electrons. The zero-order chi connectivity index (χ0) is 11.6. The van der Waals surface area contributed by atoms with Crippen molar-refractivity contribution in [1.82, 2.24) is 5.32 Å². The summed E-state index contributed by atoms with van der Waals surface area (Å²) in [4.78, 5) is 0. The molecule has 0 aromatic rings. The van der Waals surface area contributed by atoms with E-state index in [0.29, 0.717) is 6.10 Å². The van der Waals surface area contributed by atoms with Gasteiger partial charge in [-0.2, -0.15) is 0 Å². The molecule has 2 heteroatoms. The molecule has 0 bridgehead atoms. The van der Waals surface area contributed by atoms with Gasteiger partial charge < -0.3 is 10.1 Å². The van der Waals surface area contributed by atoms with E-state index in [4.69, 9.17) is 4.74 Å². The Bertz CT molecular complexity index is 191. The predicted octanol–water partition coefficient (Wildman–Crippen LogP) is 3.28. The molecule has 1 rings (SSSR count). The largest absolute Gasteiger partial charge is 0.378 e. The molecule has 16 heavy (non-hydrogen) atoms. The quantitative estimate of drug-likeness (QED) is 0.530. The molecule has 1 N–H and O–H groups in total. The number of allylic oxidation sites excluding steroid dienone is 1. The van der Waals surface area contributed by atoms with Crippen LogP contribution in [0.3, 0.4) is 0 Å². The van der Waals surface area contributed by atoms with Gasteiger partial charge in [0.25, 0.3) is 0 Å². The molecule has 1 aliphatic rings. The molecular formula is C14H27NO. The van der Waals surface area contributed by atoms with E-state index < -0.39 is 0 Å². The molecule has 0 aliphatic heterocycles. The number of hydrogen-bond acceptors (Lipinski definition) is 2. The lowest BCUT2D eigenvalue weighted by atomic mass is 9.98. The molecule has 1 saturated carbocycles. The van der Waals surface area contributed by atoms with Crippen LogP contribution in [0.5, 0.6) is 0 Å². The number of hydrogen-bond donors (Lipinski definition) is 1. The van der Waals surface area contributed by atoms with Crippen molar-refractivity contribution < 1.29 is 4.74 Å². The Morgan fingerprint density at radius 2 is 2.00 bits per heavy atom. The zero-order valence-electron chi connectivity index (χ0n) is 10.9. The number of rotatable bonds is 7. The van der Waals surface area contributed by atoms with Crippen molar-refractivity contribution in [2.75, 3.05) is 19.7 Å². The summed E-state index contributed by atoms with van der Waals surface area (Å²) in [5.74, 6) is 0. The normalized spacial score (nSPS) is 17.4. The van der Waals surface area contributed by atoms with Crippen LogP contribution in [0.15, 0.2) is 11.6 Å². The van der Waals surface area contributed by atoms with Crippen molar-refractivity contribution in [2.24, 2.45) is 0 Å². The van der Waals surface area contributed by atoms with Crippen LogP contribution in [0.2, 0.25) is 0 Å². The van der Waals surface area contributed by atoms with Gasteiger partial charge in [-0.05, 0) is 39.7 Å². The van der Waals surface area contributed by atoms with Crippen molar-refractivity contribution >= 4 is 0 Å². The monoisotopic (exact) mass is 225 g/mol. The summed E-state index contributed by atoms with van der Waals surface area (Å²) in [7, 11) is 0. The highest BCUT2D eigenvalue weighted by atomic mass is 16.5.